The van der Waals surface area contributed by atoms with E-state index in [1.54, 1.807) is 12.1 Å². The summed E-state index contributed by atoms with van der Waals surface area (Å²) in [5, 5.41) is 14.2. The Labute approximate surface area is 184 Å². The van der Waals surface area contributed by atoms with Gasteiger partial charge >= 0.3 is 0 Å². The predicted octanol–water partition coefficient (Wildman–Crippen LogP) is 4.28. The first-order valence-corrected chi connectivity index (χ1v) is 10.4. The van der Waals surface area contributed by atoms with Gasteiger partial charge in [0.25, 0.3) is 11.6 Å². The van der Waals surface area contributed by atoms with Crippen LogP contribution in [0, 0.1) is 17.0 Å². The second-order valence-corrected chi connectivity index (χ2v) is 8.20. The van der Waals surface area contributed by atoms with Crippen LogP contribution in [0.15, 0.2) is 39.3 Å². The highest BCUT2D eigenvalue weighted by Crippen LogP contribution is 2.33. The van der Waals surface area contributed by atoms with Crippen LogP contribution in [0.25, 0.3) is 0 Å². The summed E-state index contributed by atoms with van der Waals surface area (Å²) in [4.78, 5) is 25.3. The fourth-order valence-electron chi connectivity index (χ4n) is 3.03. The molecule has 0 saturated carbocycles. The number of carbonyl (C=O) groups is 1. The fourth-order valence-corrected chi connectivity index (χ4v) is 4.58. The molecule has 154 valence electrons. The summed E-state index contributed by atoms with van der Waals surface area (Å²) in [6.07, 6.45) is 0. The van der Waals surface area contributed by atoms with Crippen LogP contribution >= 0.6 is 31.9 Å². The van der Waals surface area contributed by atoms with Gasteiger partial charge in [0, 0.05) is 29.3 Å². The zero-order valence-electron chi connectivity index (χ0n) is 15.6. The number of nitro benzene ring substituents is 1. The lowest BCUT2D eigenvalue weighted by Crippen LogP contribution is -2.36. The molecule has 0 radical (unpaired) electrons. The van der Waals surface area contributed by atoms with Crippen LogP contribution in [-0.2, 0) is 9.53 Å². The molecule has 10 heteroatoms. The van der Waals surface area contributed by atoms with Gasteiger partial charge in [0.1, 0.15) is 11.4 Å². The average molecular weight is 529 g/mol. The Balaban J connectivity index is 1.69. The minimum absolute atomic E-state index is 0.0582. The first-order valence-electron chi connectivity index (χ1n) is 8.84. The Kier molecular flexibility index (Phi) is 7.09. The fraction of sp³-hybridized carbons (Fsp3) is 0.316. The van der Waals surface area contributed by atoms with E-state index in [-0.39, 0.29) is 12.3 Å². The van der Waals surface area contributed by atoms with Gasteiger partial charge in [-0.3, -0.25) is 14.9 Å². The van der Waals surface area contributed by atoms with Crippen molar-refractivity contribution in [1.82, 2.24) is 0 Å². The third kappa shape index (κ3) is 5.46. The zero-order valence-corrected chi connectivity index (χ0v) is 18.8. The van der Waals surface area contributed by atoms with Crippen molar-refractivity contribution in [2.45, 2.75) is 6.92 Å². The van der Waals surface area contributed by atoms with Gasteiger partial charge in [-0.15, -0.1) is 0 Å². The van der Waals surface area contributed by atoms with Crippen molar-refractivity contribution in [3.8, 4) is 5.75 Å². The van der Waals surface area contributed by atoms with E-state index < -0.39 is 10.8 Å². The maximum atomic E-state index is 12.3. The van der Waals surface area contributed by atoms with E-state index in [0.29, 0.717) is 43.4 Å². The topological polar surface area (TPSA) is 93.9 Å². The molecule has 1 aliphatic rings. The van der Waals surface area contributed by atoms with Crippen LogP contribution in [0.2, 0.25) is 0 Å². The number of halogens is 2. The number of anilines is 2. The molecule has 2 aromatic carbocycles. The van der Waals surface area contributed by atoms with E-state index in [4.69, 9.17) is 9.47 Å². The van der Waals surface area contributed by atoms with Crippen molar-refractivity contribution in [1.29, 1.82) is 0 Å². The number of rotatable bonds is 6. The van der Waals surface area contributed by atoms with Gasteiger partial charge in [-0.25, -0.2) is 0 Å². The second-order valence-electron chi connectivity index (χ2n) is 6.43. The third-order valence-electron chi connectivity index (χ3n) is 4.35. The normalized spacial score (nSPS) is 13.8. The minimum Gasteiger partial charge on any atom is -0.482 e. The van der Waals surface area contributed by atoms with Crippen molar-refractivity contribution in [3.63, 3.8) is 0 Å². The Morgan fingerprint density at radius 3 is 2.66 bits per heavy atom. The summed E-state index contributed by atoms with van der Waals surface area (Å²) in [5.41, 5.74) is 1.66. The van der Waals surface area contributed by atoms with E-state index in [1.165, 1.54) is 6.07 Å². The first kappa shape index (κ1) is 21.5. The molecule has 0 atom stereocenters. The van der Waals surface area contributed by atoms with Crippen molar-refractivity contribution in [2.75, 3.05) is 43.1 Å². The average Bonchev–Trinajstić information content (AvgIpc) is 2.67. The molecule has 8 nitrogen and oxygen atoms in total. The van der Waals surface area contributed by atoms with Crippen LogP contribution in [0.3, 0.4) is 0 Å². The molecule has 1 N–H and O–H groups in total. The van der Waals surface area contributed by atoms with Crippen molar-refractivity contribution >= 4 is 54.8 Å². The summed E-state index contributed by atoms with van der Waals surface area (Å²) in [6, 6.07) is 8.37. The predicted molar refractivity (Wildman–Crippen MR) is 117 cm³/mol. The lowest BCUT2D eigenvalue weighted by atomic mass is 10.2. The van der Waals surface area contributed by atoms with Crippen LogP contribution in [-0.4, -0.2) is 43.7 Å². The van der Waals surface area contributed by atoms with Crippen molar-refractivity contribution < 1.29 is 19.2 Å². The number of nitro groups is 1. The molecule has 0 aromatic heterocycles. The van der Waals surface area contributed by atoms with Gasteiger partial charge in [-0.1, -0.05) is 15.9 Å². The van der Waals surface area contributed by atoms with Gasteiger partial charge in [0.2, 0.25) is 0 Å². The SMILES string of the molecule is Cc1cc(Br)cc(Br)c1OCC(=O)Nc1ccc(N2CCOCC2)c([N+](=O)[O-])c1. The molecule has 1 fully saturated rings. The molecule has 1 amide bonds. The molecule has 0 spiro atoms. The highest BCUT2D eigenvalue weighted by Gasteiger charge is 2.22. The molecule has 1 heterocycles. The summed E-state index contributed by atoms with van der Waals surface area (Å²) >= 11 is 6.80. The largest absolute Gasteiger partial charge is 0.482 e. The Morgan fingerprint density at radius 2 is 2.00 bits per heavy atom. The van der Waals surface area contributed by atoms with E-state index in [0.717, 1.165) is 14.5 Å². The van der Waals surface area contributed by atoms with E-state index in [2.05, 4.69) is 37.2 Å². The number of hydrogen-bond donors (Lipinski definition) is 1. The molecule has 1 aliphatic heterocycles. The van der Waals surface area contributed by atoms with Gasteiger partial charge < -0.3 is 19.7 Å². The van der Waals surface area contributed by atoms with Crippen LogP contribution in [0.4, 0.5) is 17.1 Å². The molecule has 0 bridgehead atoms. The van der Waals surface area contributed by atoms with E-state index in [1.807, 2.05) is 24.0 Å². The van der Waals surface area contributed by atoms with Gasteiger partial charge in [-0.2, -0.15) is 0 Å². The standard InChI is InChI=1S/C19H19Br2N3O5/c1-12-8-13(20)9-15(21)19(12)29-11-18(25)22-14-2-3-16(17(10-14)24(26)27)23-4-6-28-7-5-23/h2-3,8-10H,4-7,11H2,1H3,(H,22,25). The lowest BCUT2D eigenvalue weighted by Gasteiger charge is -2.28. The summed E-state index contributed by atoms with van der Waals surface area (Å²) in [6.45, 7) is 3.87. The quantitative estimate of drug-likeness (QED) is 0.444. The van der Waals surface area contributed by atoms with Gasteiger partial charge in [0.05, 0.1) is 22.6 Å². The number of nitrogens with zero attached hydrogens (tertiary/aromatic N) is 2. The minimum atomic E-state index is -0.445. The number of nitrogens with one attached hydrogen (secondary N) is 1. The molecule has 1 saturated heterocycles. The van der Waals surface area contributed by atoms with Gasteiger partial charge in [0.15, 0.2) is 6.61 Å². The number of benzene rings is 2. The van der Waals surface area contributed by atoms with Crippen LogP contribution < -0.4 is 15.0 Å². The molecule has 0 unspecified atom stereocenters. The van der Waals surface area contributed by atoms with Crippen LogP contribution in [0.1, 0.15) is 5.56 Å². The molecule has 0 aliphatic carbocycles. The van der Waals surface area contributed by atoms with E-state index >= 15 is 0 Å². The number of amides is 1. The summed E-state index contributed by atoms with van der Waals surface area (Å²) in [7, 11) is 0. The number of ether oxygens (including phenoxy) is 2. The Bertz CT molecular complexity index is 909. The second kappa shape index (κ2) is 9.55. The number of morpholine rings is 1. The molecule has 3 rings (SSSR count). The zero-order chi connectivity index (χ0) is 21.0. The smallest absolute Gasteiger partial charge is 0.294 e. The maximum Gasteiger partial charge on any atom is 0.294 e. The Hall–Kier alpha value is -2.17. The van der Waals surface area contributed by atoms with Crippen molar-refractivity contribution in [3.05, 3.63) is 55.0 Å². The molecular formula is C19H19Br2N3O5. The number of carbonyl (C=O) groups excluding carboxylic acids is 1. The van der Waals surface area contributed by atoms with Gasteiger partial charge in [-0.05, 0) is 52.7 Å². The monoisotopic (exact) mass is 527 g/mol. The third-order valence-corrected chi connectivity index (χ3v) is 5.40. The van der Waals surface area contributed by atoms with Crippen LogP contribution in [0.5, 0.6) is 5.75 Å². The van der Waals surface area contributed by atoms with E-state index in [9.17, 15) is 14.9 Å². The molecule has 29 heavy (non-hydrogen) atoms. The first-order chi connectivity index (χ1) is 13.8. The maximum absolute atomic E-state index is 12.3. The highest BCUT2D eigenvalue weighted by atomic mass is 79.9. The lowest BCUT2D eigenvalue weighted by molar-refractivity contribution is -0.384. The van der Waals surface area contributed by atoms with Crippen molar-refractivity contribution in [2.24, 2.45) is 0 Å². The summed E-state index contributed by atoms with van der Waals surface area (Å²) < 4.78 is 12.5. The highest BCUT2D eigenvalue weighted by molar-refractivity contribution is 9.11. The number of aryl methyl sites for hydroxylation is 1. The molecule has 2 aromatic rings. The molecular weight excluding hydrogens is 510 g/mol. The Morgan fingerprint density at radius 1 is 1.28 bits per heavy atom. The summed E-state index contributed by atoms with van der Waals surface area (Å²) in [5.74, 6) is 0.157. The number of hydrogen-bond acceptors (Lipinski definition) is 6.